The van der Waals surface area contributed by atoms with Crippen LogP contribution in [0, 0.1) is 0 Å². The lowest BCUT2D eigenvalue weighted by Crippen LogP contribution is -2.06. The van der Waals surface area contributed by atoms with Crippen molar-refractivity contribution >= 4 is 11.6 Å². The molecule has 0 spiro atoms. The van der Waals surface area contributed by atoms with Crippen LogP contribution < -0.4 is 10.6 Å². The molecule has 0 aliphatic heterocycles. The fourth-order valence-electron chi connectivity index (χ4n) is 2.53. The SMILES string of the molecule is c1ccc(-c2nc(NCc3ccco3)cc(NCc3ccco3)n2)cc1. The van der Waals surface area contributed by atoms with Crippen LogP contribution in [0.25, 0.3) is 11.4 Å². The molecule has 2 N–H and O–H groups in total. The van der Waals surface area contributed by atoms with Gasteiger partial charge in [0.1, 0.15) is 23.2 Å². The van der Waals surface area contributed by atoms with Gasteiger partial charge in [0.05, 0.1) is 25.6 Å². The number of hydrogen-bond acceptors (Lipinski definition) is 6. The van der Waals surface area contributed by atoms with E-state index in [2.05, 4.69) is 20.6 Å². The summed E-state index contributed by atoms with van der Waals surface area (Å²) in [5.74, 6) is 3.77. The van der Waals surface area contributed by atoms with Crippen molar-refractivity contribution in [1.29, 1.82) is 0 Å². The Morgan fingerprint density at radius 3 is 1.77 bits per heavy atom. The first-order valence-electron chi connectivity index (χ1n) is 8.34. The summed E-state index contributed by atoms with van der Waals surface area (Å²) >= 11 is 0. The third kappa shape index (κ3) is 3.92. The van der Waals surface area contributed by atoms with Gasteiger partial charge in [-0.05, 0) is 24.3 Å². The number of nitrogens with one attached hydrogen (secondary N) is 2. The van der Waals surface area contributed by atoms with Crippen LogP contribution in [0.4, 0.5) is 11.6 Å². The van der Waals surface area contributed by atoms with Gasteiger partial charge < -0.3 is 19.5 Å². The second-order valence-electron chi connectivity index (χ2n) is 5.69. The molecule has 0 radical (unpaired) electrons. The van der Waals surface area contributed by atoms with Crippen molar-refractivity contribution < 1.29 is 8.83 Å². The van der Waals surface area contributed by atoms with Gasteiger partial charge in [0.2, 0.25) is 0 Å². The first-order chi connectivity index (χ1) is 12.9. The topological polar surface area (TPSA) is 76.1 Å². The van der Waals surface area contributed by atoms with Crippen molar-refractivity contribution in [3.05, 3.63) is 84.7 Å². The minimum atomic E-state index is 0.551. The predicted octanol–water partition coefficient (Wildman–Crippen LogP) is 4.55. The summed E-state index contributed by atoms with van der Waals surface area (Å²) in [4.78, 5) is 9.24. The van der Waals surface area contributed by atoms with Gasteiger partial charge >= 0.3 is 0 Å². The molecule has 0 unspecified atom stereocenters. The summed E-state index contributed by atoms with van der Waals surface area (Å²) in [5, 5.41) is 6.56. The normalized spacial score (nSPS) is 10.6. The first-order valence-corrected chi connectivity index (χ1v) is 8.34. The van der Waals surface area contributed by atoms with Crippen molar-refractivity contribution in [3.63, 3.8) is 0 Å². The summed E-state index contributed by atoms with van der Waals surface area (Å²) in [7, 11) is 0. The number of nitrogens with zero attached hydrogens (tertiary/aromatic N) is 2. The molecule has 4 rings (SSSR count). The van der Waals surface area contributed by atoms with Crippen LogP contribution in [-0.2, 0) is 13.1 Å². The summed E-state index contributed by atoms with van der Waals surface area (Å²) in [6, 6.07) is 19.3. The highest BCUT2D eigenvalue weighted by atomic mass is 16.3. The number of benzene rings is 1. The zero-order chi connectivity index (χ0) is 17.6. The van der Waals surface area contributed by atoms with Gasteiger partial charge in [0.25, 0.3) is 0 Å². The van der Waals surface area contributed by atoms with E-state index in [1.165, 1.54) is 0 Å². The molecular formula is C20H18N4O2. The number of hydrogen-bond donors (Lipinski definition) is 2. The Kier molecular flexibility index (Phi) is 4.64. The predicted molar refractivity (Wildman–Crippen MR) is 99.5 cm³/mol. The molecule has 0 amide bonds. The third-order valence-corrected chi connectivity index (χ3v) is 3.81. The van der Waals surface area contributed by atoms with E-state index in [1.807, 2.05) is 60.7 Å². The highest BCUT2D eigenvalue weighted by Crippen LogP contribution is 2.21. The van der Waals surface area contributed by atoms with Crippen LogP contribution in [0.5, 0.6) is 0 Å². The van der Waals surface area contributed by atoms with Crippen LogP contribution in [0.3, 0.4) is 0 Å². The van der Waals surface area contributed by atoms with Crippen molar-refractivity contribution in [2.45, 2.75) is 13.1 Å². The molecule has 0 atom stereocenters. The Morgan fingerprint density at radius 2 is 1.27 bits per heavy atom. The van der Waals surface area contributed by atoms with Crippen molar-refractivity contribution in [2.24, 2.45) is 0 Å². The van der Waals surface area contributed by atoms with Crippen LogP contribution in [0.1, 0.15) is 11.5 Å². The summed E-state index contributed by atoms with van der Waals surface area (Å²) in [6.07, 6.45) is 3.31. The third-order valence-electron chi connectivity index (χ3n) is 3.81. The molecular weight excluding hydrogens is 328 g/mol. The maximum atomic E-state index is 5.36. The van der Waals surface area contributed by atoms with Crippen molar-refractivity contribution in [2.75, 3.05) is 10.6 Å². The fourth-order valence-corrected chi connectivity index (χ4v) is 2.53. The van der Waals surface area contributed by atoms with E-state index in [9.17, 15) is 0 Å². The number of rotatable bonds is 7. The molecule has 4 aromatic rings. The van der Waals surface area contributed by atoms with E-state index < -0.39 is 0 Å². The van der Waals surface area contributed by atoms with Gasteiger partial charge in [-0.1, -0.05) is 30.3 Å². The largest absolute Gasteiger partial charge is 0.467 e. The van der Waals surface area contributed by atoms with Crippen LogP contribution >= 0.6 is 0 Å². The molecule has 1 aromatic carbocycles. The van der Waals surface area contributed by atoms with Gasteiger partial charge in [-0.3, -0.25) is 0 Å². The lowest BCUT2D eigenvalue weighted by molar-refractivity contribution is 0.517. The van der Waals surface area contributed by atoms with E-state index >= 15 is 0 Å². The minimum Gasteiger partial charge on any atom is -0.467 e. The smallest absolute Gasteiger partial charge is 0.163 e. The molecule has 0 saturated carbocycles. The van der Waals surface area contributed by atoms with Crippen molar-refractivity contribution in [1.82, 2.24) is 9.97 Å². The monoisotopic (exact) mass is 346 g/mol. The highest BCUT2D eigenvalue weighted by Gasteiger charge is 2.08. The molecule has 0 bridgehead atoms. The van der Waals surface area contributed by atoms with Gasteiger partial charge in [0, 0.05) is 11.6 Å². The quantitative estimate of drug-likeness (QED) is 0.511. The molecule has 26 heavy (non-hydrogen) atoms. The Bertz CT molecular complexity index is 879. The van der Waals surface area contributed by atoms with E-state index in [-0.39, 0.29) is 0 Å². The van der Waals surface area contributed by atoms with Crippen LogP contribution in [0.2, 0.25) is 0 Å². The van der Waals surface area contributed by atoms with Crippen LogP contribution in [-0.4, -0.2) is 9.97 Å². The highest BCUT2D eigenvalue weighted by molar-refractivity contribution is 5.61. The first kappa shape index (κ1) is 16.0. The minimum absolute atomic E-state index is 0.551. The molecule has 0 aliphatic carbocycles. The number of anilines is 2. The molecule has 6 nitrogen and oxygen atoms in total. The molecule has 3 aromatic heterocycles. The van der Waals surface area contributed by atoms with E-state index in [0.717, 1.165) is 28.7 Å². The zero-order valence-corrected chi connectivity index (χ0v) is 14.1. The van der Waals surface area contributed by atoms with E-state index in [1.54, 1.807) is 12.5 Å². The molecule has 0 saturated heterocycles. The Morgan fingerprint density at radius 1 is 0.692 bits per heavy atom. The number of furan rings is 2. The van der Waals surface area contributed by atoms with Gasteiger partial charge in [-0.25, -0.2) is 9.97 Å². The lowest BCUT2D eigenvalue weighted by atomic mass is 10.2. The standard InChI is InChI=1S/C20H18N4O2/c1-2-6-15(7-3-1)20-23-18(21-13-16-8-4-10-25-16)12-19(24-20)22-14-17-9-5-11-26-17/h1-12H,13-14H2,(H2,21,22,23,24). The van der Waals surface area contributed by atoms with E-state index in [0.29, 0.717) is 18.9 Å². The maximum Gasteiger partial charge on any atom is 0.163 e. The molecule has 0 aliphatic rings. The lowest BCUT2D eigenvalue weighted by Gasteiger charge is -2.10. The molecule has 0 fully saturated rings. The Labute approximate surface area is 150 Å². The summed E-state index contributed by atoms with van der Waals surface area (Å²) < 4.78 is 10.7. The average Bonchev–Trinajstić information content (AvgIpc) is 3.39. The van der Waals surface area contributed by atoms with Crippen molar-refractivity contribution in [3.8, 4) is 11.4 Å². The zero-order valence-electron chi connectivity index (χ0n) is 14.1. The second kappa shape index (κ2) is 7.57. The Balaban J connectivity index is 1.58. The fraction of sp³-hybridized carbons (Fsp3) is 0.100. The summed E-state index contributed by atoms with van der Waals surface area (Å²) in [5.41, 5.74) is 0.954. The summed E-state index contributed by atoms with van der Waals surface area (Å²) in [6.45, 7) is 1.10. The maximum absolute atomic E-state index is 5.36. The average molecular weight is 346 g/mol. The molecule has 6 heteroatoms. The molecule has 3 heterocycles. The van der Waals surface area contributed by atoms with Gasteiger partial charge in [0.15, 0.2) is 5.82 Å². The Hall–Kier alpha value is -3.54. The van der Waals surface area contributed by atoms with Crippen LogP contribution in [0.15, 0.2) is 82.0 Å². The van der Waals surface area contributed by atoms with E-state index in [4.69, 9.17) is 8.83 Å². The van der Waals surface area contributed by atoms with Gasteiger partial charge in [-0.2, -0.15) is 0 Å². The number of aromatic nitrogens is 2. The molecule has 130 valence electrons. The second-order valence-corrected chi connectivity index (χ2v) is 5.69. The van der Waals surface area contributed by atoms with Gasteiger partial charge in [-0.15, -0.1) is 0 Å².